The molecule has 0 aliphatic rings. The number of aromatic nitrogens is 2. The van der Waals surface area contributed by atoms with E-state index >= 15 is 0 Å². The lowest BCUT2D eigenvalue weighted by Crippen LogP contribution is -1.85. The molecule has 0 atom stereocenters. The van der Waals surface area contributed by atoms with Crippen LogP contribution in [0.1, 0.15) is 9.68 Å². The molecule has 0 amide bonds. The van der Waals surface area contributed by atoms with Gasteiger partial charge in [0.1, 0.15) is 0 Å². The van der Waals surface area contributed by atoms with Gasteiger partial charge in [-0.1, -0.05) is 48.5 Å². The topological polar surface area (TPSA) is 17.3 Å². The van der Waals surface area contributed by atoms with Gasteiger partial charge in [-0.15, -0.1) is 11.3 Å². The number of pyridine rings is 1. The van der Waals surface area contributed by atoms with Gasteiger partial charge in [0.25, 0.3) is 0 Å². The maximum absolute atomic E-state index is 7.65. The highest BCUT2D eigenvalue weighted by atomic mass is 32.1. The third kappa shape index (κ3) is 2.20. The second kappa shape index (κ2) is 6.09. The molecular weight excluding hydrogens is 420 g/mol. The number of hydrogen-bond donors (Lipinski definition) is 0. The van der Waals surface area contributed by atoms with Crippen molar-refractivity contribution < 1.29 is 4.11 Å². The molecule has 0 radical (unpaired) electrons. The van der Waals surface area contributed by atoms with Crippen LogP contribution >= 0.6 is 11.3 Å². The van der Waals surface area contributed by atoms with Gasteiger partial charge in [-0.2, -0.15) is 0 Å². The van der Waals surface area contributed by atoms with Crippen molar-refractivity contribution in [3.05, 3.63) is 96.7 Å². The molecule has 0 fully saturated rings. The van der Waals surface area contributed by atoms with Crippen LogP contribution in [-0.4, -0.2) is 9.38 Å². The van der Waals surface area contributed by atoms with E-state index in [9.17, 15) is 0 Å². The van der Waals surface area contributed by atoms with Crippen LogP contribution in [-0.2, 0) is 0 Å². The van der Waals surface area contributed by atoms with E-state index in [1.807, 2.05) is 17.4 Å². The van der Waals surface area contributed by atoms with E-state index in [-0.39, 0.29) is 5.56 Å². The van der Waals surface area contributed by atoms with Gasteiger partial charge in [-0.05, 0) is 48.8 Å². The van der Waals surface area contributed by atoms with E-state index in [2.05, 4.69) is 82.2 Å². The number of thiophene rings is 1. The Bertz CT molecular complexity index is 2130. The van der Waals surface area contributed by atoms with Gasteiger partial charge in [0.2, 0.25) is 0 Å². The second-order valence-corrected chi connectivity index (χ2v) is 9.69. The van der Waals surface area contributed by atoms with Crippen LogP contribution in [0.3, 0.4) is 0 Å². The summed E-state index contributed by atoms with van der Waals surface area (Å²) in [7, 11) is 0. The summed E-state index contributed by atoms with van der Waals surface area (Å²) >= 11 is 1.85. The van der Waals surface area contributed by atoms with Crippen molar-refractivity contribution in [1.82, 2.24) is 9.38 Å². The van der Waals surface area contributed by atoms with Crippen LogP contribution in [0.15, 0.2) is 91.1 Å². The predicted molar refractivity (Wildman–Crippen MR) is 142 cm³/mol. The molecule has 4 aromatic carbocycles. The highest BCUT2D eigenvalue weighted by Gasteiger charge is 2.22. The summed E-state index contributed by atoms with van der Waals surface area (Å²) < 4.78 is 27.9. The molecule has 0 unspecified atom stereocenters. The van der Waals surface area contributed by atoms with Gasteiger partial charge in [0.05, 0.1) is 22.2 Å². The Balaban J connectivity index is 1.52. The van der Waals surface area contributed by atoms with Crippen molar-refractivity contribution in [2.75, 3.05) is 0 Å². The first kappa shape index (κ1) is 15.0. The molecule has 0 N–H and O–H groups in total. The fourth-order valence-electron chi connectivity index (χ4n) is 5.46. The van der Waals surface area contributed by atoms with Gasteiger partial charge < -0.3 is 4.40 Å². The molecule has 8 rings (SSSR count). The number of benzene rings is 4. The fraction of sp³-hybridized carbons (Fsp3) is 0.0333. The average Bonchev–Trinajstić information content (AvgIpc) is 3.54. The quantitative estimate of drug-likeness (QED) is 0.249. The Morgan fingerprint density at radius 3 is 2.48 bits per heavy atom. The minimum atomic E-state index is -2.16. The minimum absolute atomic E-state index is 0.256. The summed E-state index contributed by atoms with van der Waals surface area (Å²) in [6, 6.07) is 29.6. The smallest absolute Gasteiger partial charge is 0.0702 e. The van der Waals surface area contributed by atoms with E-state index < -0.39 is 6.85 Å². The molecule has 4 aromatic heterocycles. The molecule has 0 saturated carbocycles. The van der Waals surface area contributed by atoms with Crippen LogP contribution in [0.25, 0.3) is 69.5 Å². The van der Waals surface area contributed by atoms with E-state index in [1.165, 1.54) is 64.5 Å². The lowest BCUT2D eigenvalue weighted by molar-refractivity contribution is 1.27. The monoisotopic (exact) mass is 441 g/mol. The number of rotatable bonds is 1. The van der Waals surface area contributed by atoms with Gasteiger partial charge in [-0.25, -0.2) is 0 Å². The number of aryl methyl sites for hydroxylation is 1. The highest BCUT2D eigenvalue weighted by Crippen LogP contribution is 2.47. The lowest BCUT2D eigenvalue weighted by atomic mass is 10.0. The molecule has 3 heteroatoms. The van der Waals surface area contributed by atoms with E-state index in [4.69, 9.17) is 4.11 Å². The van der Waals surface area contributed by atoms with Crippen molar-refractivity contribution >= 4 is 69.6 Å². The molecule has 0 aliphatic heterocycles. The van der Waals surface area contributed by atoms with Gasteiger partial charge in [0, 0.05) is 57.6 Å². The third-order valence-corrected chi connectivity index (χ3v) is 8.07. The maximum Gasteiger partial charge on any atom is 0.0702 e. The third-order valence-electron chi connectivity index (χ3n) is 6.87. The standard InChI is InChI=1S/C30H18N2S/c1-17-10-12-24(31-16-17)18-11-13-26-23(14-18)28-29-21(19-6-2-4-8-25(19)32(26)29)15-22-20-7-3-5-9-27(20)33-30(22)28/h2-16H,1H3/i1D3. The zero-order valence-electron chi connectivity index (χ0n) is 20.5. The predicted octanol–water partition coefficient (Wildman–Crippen LogP) is 8.58. The van der Waals surface area contributed by atoms with E-state index in [0.29, 0.717) is 0 Å². The van der Waals surface area contributed by atoms with E-state index in [1.54, 1.807) is 6.07 Å². The molecule has 4 heterocycles. The van der Waals surface area contributed by atoms with Gasteiger partial charge >= 0.3 is 0 Å². The van der Waals surface area contributed by atoms with E-state index in [0.717, 1.165) is 11.3 Å². The van der Waals surface area contributed by atoms with Crippen molar-refractivity contribution in [2.24, 2.45) is 0 Å². The highest BCUT2D eigenvalue weighted by molar-refractivity contribution is 7.26. The first-order chi connectivity index (χ1) is 17.5. The molecule has 2 nitrogen and oxygen atoms in total. The zero-order valence-corrected chi connectivity index (χ0v) is 18.3. The van der Waals surface area contributed by atoms with Crippen LogP contribution in [0.4, 0.5) is 0 Å². The molecule has 0 bridgehead atoms. The molecule has 154 valence electrons. The van der Waals surface area contributed by atoms with Crippen LogP contribution in [0.5, 0.6) is 0 Å². The summed E-state index contributed by atoms with van der Waals surface area (Å²) in [5, 5.41) is 7.59. The molecule has 0 saturated heterocycles. The van der Waals surface area contributed by atoms with Crippen molar-refractivity contribution in [3.8, 4) is 11.3 Å². The Morgan fingerprint density at radius 2 is 1.61 bits per heavy atom. The number of para-hydroxylation sites is 1. The maximum atomic E-state index is 7.65. The van der Waals surface area contributed by atoms with Crippen molar-refractivity contribution in [3.63, 3.8) is 0 Å². The fourth-order valence-corrected chi connectivity index (χ4v) is 6.70. The summed E-state index contributed by atoms with van der Waals surface area (Å²) in [6.45, 7) is -2.16. The molecule has 8 aromatic rings. The Kier molecular flexibility index (Phi) is 2.77. The van der Waals surface area contributed by atoms with Crippen LogP contribution in [0, 0.1) is 6.85 Å². The second-order valence-electron chi connectivity index (χ2n) is 8.64. The first-order valence-corrected chi connectivity index (χ1v) is 11.8. The number of hydrogen-bond acceptors (Lipinski definition) is 2. The Labute approximate surface area is 197 Å². The summed E-state index contributed by atoms with van der Waals surface area (Å²) in [6.07, 6.45) is 1.47. The lowest BCUT2D eigenvalue weighted by Gasteiger charge is -2.04. The van der Waals surface area contributed by atoms with Crippen LogP contribution in [0.2, 0.25) is 0 Å². The van der Waals surface area contributed by atoms with Gasteiger partial charge in [0.15, 0.2) is 0 Å². The average molecular weight is 442 g/mol. The summed E-state index contributed by atoms with van der Waals surface area (Å²) in [5.74, 6) is 0. The zero-order chi connectivity index (χ0) is 24.2. The number of fused-ring (bicyclic) bond motifs is 10. The van der Waals surface area contributed by atoms with Crippen LogP contribution < -0.4 is 0 Å². The SMILES string of the molecule is [2H]C([2H])([2H])c1ccc(-c2ccc3c(c2)c2c4sc5ccccc5c4cc4c5ccccc5n3c42)nc1. The van der Waals surface area contributed by atoms with Crippen molar-refractivity contribution in [2.45, 2.75) is 6.85 Å². The molecular formula is C30H18N2S. The molecule has 0 aliphatic carbocycles. The minimum Gasteiger partial charge on any atom is -0.308 e. The normalized spacial score (nSPS) is 14.1. The number of nitrogens with zero attached hydrogens (tertiary/aromatic N) is 2. The molecule has 0 spiro atoms. The summed E-state index contributed by atoms with van der Waals surface area (Å²) in [4.78, 5) is 4.51. The summed E-state index contributed by atoms with van der Waals surface area (Å²) in [5.41, 5.74) is 5.64. The first-order valence-electron chi connectivity index (χ1n) is 12.5. The van der Waals surface area contributed by atoms with Crippen molar-refractivity contribution in [1.29, 1.82) is 0 Å². The Morgan fingerprint density at radius 1 is 0.758 bits per heavy atom. The molecule has 33 heavy (non-hydrogen) atoms. The van der Waals surface area contributed by atoms with Gasteiger partial charge in [-0.3, -0.25) is 4.98 Å². The largest absolute Gasteiger partial charge is 0.308 e. The Hall–Kier alpha value is -3.95.